The molecule has 0 aromatic heterocycles. The summed E-state index contributed by atoms with van der Waals surface area (Å²) in [5.41, 5.74) is 1.63. The lowest BCUT2D eigenvalue weighted by Gasteiger charge is -2.25. The van der Waals surface area contributed by atoms with Crippen molar-refractivity contribution in [2.75, 3.05) is 11.9 Å². The Kier molecular flexibility index (Phi) is 7.59. The smallest absolute Gasteiger partial charge is 0.327 e. The maximum Gasteiger partial charge on any atom is 0.327 e. The largest absolute Gasteiger partial charge is 0.451 e. The molecule has 164 valence electrons. The molecule has 0 radical (unpaired) electrons. The van der Waals surface area contributed by atoms with E-state index in [-0.39, 0.29) is 0 Å². The summed E-state index contributed by atoms with van der Waals surface area (Å²) in [6.07, 6.45) is 1.38. The lowest BCUT2D eigenvalue weighted by atomic mass is 9.88. The van der Waals surface area contributed by atoms with Crippen molar-refractivity contribution in [3.05, 3.63) is 29.3 Å². The molecule has 1 atom stereocenters. The van der Waals surface area contributed by atoms with Crippen LogP contribution in [0.5, 0.6) is 0 Å². The predicted octanol–water partition coefficient (Wildman–Crippen LogP) is 3.06. The summed E-state index contributed by atoms with van der Waals surface area (Å²) < 4.78 is 5.17. The fraction of sp³-hybridized carbons (Fsp3) is 0.545. The summed E-state index contributed by atoms with van der Waals surface area (Å²) in [6, 6.07) is 4.98. The van der Waals surface area contributed by atoms with E-state index < -0.39 is 42.0 Å². The first-order chi connectivity index (χ1) is 14.1. The van der Waals surface area contributed by atoms with Crippen LogP contribution in [0.2, 0.25) is 0 Å². The molecule has 2 rings (SSSR count). The molecule has 1 heterocycles. The van der Waals surface area contributed by atoms with E-state index in [9.17, 15) is 19.2 Å². The number of aryl methyl sites for hydroxylation is 2. The Balaban J connectivity index is 1.98. The number of amides is 4. The molecule has 2 N–H and O–H groups in total. The fourth-order valence-corrected chi connectivity index (χ4v) is 3.74. The molecule has 1 saturated heterocycles. The summed E-state index contributed by atoms with van der Waals surface area (Å²) in [5, 5.41) is 5.47. The van der Waals surface area contributed by atoms with E-state index in [4.69, 9.17) is 4.74 Å². The predicted molar refractivity (Wildman–Crippen MR) is 113 cm³/mol. The van der Waals surface area contributed by atoms with Crippen molar-refractivity contribution in [2.45, 2.75) is 71.9 Å². The molecule has 1 aliphatic heterocycles. The molecule has 4 amide bonds. The highest BCUT2D eigenvalue weighted by Gasteiger charge is 2.50. The number of esters is 1. The van der Waals surface area contributed by atoms with Gasteiger partial charge < -0.3 is 15.4 Å². The second-order valence-corrected chi connectivity index (χ2v) is 7.84. The van der Waals surface area contributed by atoms with Crippen LogP contribution in [0.25, 0.3) is 0 Å². The first-order valence-corrected chi connectivity index (χ1v) is 10.3. The Morgan fingerprint density at radius 2 is 1.80 bits per heavy atom. The highest BCUT2D eigenvalue weighted by Crippen LogP contribution is 2.28. The van der Waals surface area contributed by atoms with E-state index in [0.717, 1.165) is 28.9 Å². The van der Waals surface area contributed by atoms with Crippen LogP contribution in [-0.2, 0) is 19.1 Å². The topological polar surface area (TPSA) is 105 Å². The molecular weight excluding hydrogens is 386 g/mol. The second-order valence-electron chi connectivity index (χ2n) is 7.84. The third-order valence-corrected chi connectivity index (χ3v) is 5.20. The normalized spacial score (nSPS) is 16.2. The van der Waals surface area contributed by atoms with Gasteiger partial charge in [0.25, 0.3) is 11.8 Å². The average Bonchev–Trinajstić information content (AvgIpc) is 2.88. The number of rotatable bonds is 9. The van der Waals surface area contributed by atoms with Gasteiger partial charge in [0.1, 0.15) is 12.1 Å². The number of hydrogen-bond donors (Lipinski definition) is 2. The highest BCUT2D eigenvalue weighted by molar-refractivity contribution is 6.08. The van der Waals surface area contributed by atoms with Crippen LogP contribution in [-0.4, -0.2) is 46.9 Å². The summed E-state index contributed by atoms with van der Waals surface area (Å²) in [6.45, 7) is 8.61. The van der Waals surface area contributed by atoms with Crippen molar-refractivity contribution in [2.24, 2.45) is 0 Å². The average molecular weight is 418 g/mol. The standard InChI is InChI=1S/C22H31N3O5/c1-6-10-22(11-7-2)20(28)25(21(29)24-22)13-18(26)30-16(5)19(27)23-17-9-8-14(3)12-15(17)4/h8-9,12,16H,6-7,10-11,13H2,1-5H3,(H,23,27)(H,24,29)/t16-/m1/s1. The number of carbonyl (C=O) groups excluding carboxylic acids is 4. The highest BCUT2D eigenvalue weighted by atomic mass is 16.5. The molecular formula is C22H31N3O5. The van der Waals surface area contributed by atoms with Crippen LogP contribution in [0.15, 0.2) is 18.2 Å². The molecule has 8 heteroatoms. The van der Waals surface area contributed by atoms with Crippen molar-refractivity contribution in [1.82, 2.24) is 10.2 Å². The van der Waals surface area contributed by atoms with Gasteiger partial charge in [-0.2, -0.15) is 0 Å². The van der Waals surface area contributed by atoms with Gasteiger partial charge in [0.15, 0.2) is 6.10 Å². The van der Waals surface area contributed by atoms with Crippen LogP contribution >= 0.6 is 0 Å². The Morgan fingerprint density at radius 3 is 2.37 bits per heavy atom. The number of carbonyl (C=O) groups is 4. The minimum atomic E-state index is -1.07. The summed E-state index contributed by atoms with van der Waals surface area (Å²) >= 11 is 0. The summed E-state index contributed by atoms with van der Waals surface area (Å²) in [4.78, 5) is 50.7. The van der Waals surface area contributed by atoms with Crippen LogP contribution in [0.1, 0.15) is 57.6 Å². The maximum absolute atomic E-state index is 12.8. The van der Waals surface area contributed by atoms with E-state index in [0.29, 0.717) is 18.5 Å². The second kappa shape index (κ2) is 9.73. The van der Waals surface area contributed by atoms with E-state index in [1.807, 2.05) is 39.8 Å². The van der Waals surface area contributed by atoms with Gasteiger partial charge in [0, 0.05) is 5.69 Å². The van der Waals surface area contributed by atoms with Gasteiger partial charge in [-0.15, -0.1) is 0 Å². The molecule has 30 heavy (non-hydrogen) atoms. The zero-order valence-electron chi connectivity index (χ0n) is 18.3. The Bertz CT molecular complexity index is 830. The van der Waals surface area contributed by atoms with Crippen LogP contribution in [0.4, 0.5) is 10.5 Å². The van der Waals surface area contributed by atoms with Gasteiger partial charge in [-0.3, -0.25) is 19.3 Å². The SMILES string of the molecule is CCCC1(CCC)NC(=O)N(CC(=O)O[C@H](C)C(=O)Nc2ccc(C)cc2C)C1=O. The molecule has 1 aromatic rings. The van der Waals surface area contributed by atoms with Crippen LogP contribution in [0.3, 0.4) is 0 Å². The van der Waals surface area contributed by atoms with Gasteiger partial charge in [0.05, 0.1) is 0 Å². The molecule has 0 saturated carbocycles. The molecule has 0 unspecified atom stereocenters. The van der Waals surface area contributed by atoms with Gasteiger partial charge in [-0.1, -0.05) is 44.4 Å². The molecule has 1 aromatic carbocycles. The van der Waals surface area contributed by atoms with Crippen molar-refractivity contribution in [3.63, 3.8) is 0 Å². The molecule has 0 aliphatic carbocycles. The lowest BCUT2D eigenvalue weighted by Crippen LogP contribution is -2.47. The van der Waals surface area contributed by atoms with Gasteiger partial charge in [-0.05, 0) is 45.2 Å². The quantitative estimate of drug-likeness (QED) is 0.475. The number of anilines is 1. The third-order valence-electron chi connectivity index (χ3n) is 5.20. The third kappa shape index (κ3) is 5.17. The molecule has 1 aliphatic rings. The summed E-state index contributed by atoms with van der Waals surface area (Å²) in [7, 11) is 0. The first kappa shape index (κ1) is 23.4. The first-order valence-electron chi connectivity index (χ1n) is 10.3. The van der Waals surface area contributed by atoms with Crippen molar-refractivity contribution >= 4 is 29.5 Å². The van der Waals surface area contributed by atoms with E-state index in [2.05, 4.69) is 10.6 Å². The lowest BCUT2D eigenvalue weighted by molar-refractivity contribution is -0.155. The molecule has 0 bridgehead atoms. The fourth-order valence-electron chi connectivity index (χ4n) is 3.74. The van der Waals surface area contributed by atoms with Gasteiger partial charge in [-0.25, -0.2) is 4.79 Å². The Morgan fingerprint density at radius 1 is 1.17 bits per heavy atom. The number of ether oxygens (including phenoxy) is 1. The van der Waals surface area contributed by atoms with Crippen LogP contribution in [0, 0.1) is 13.8 Å². The molecule has 8 nitrogen and oxygen atoms in total. The maximum atomic E-state index is 12.8. The minimum Gasteiger partial charge on any atom is -0.451 e. The number of nitrogens with one attached hydrogen (secondary N) is 2. The van der Waals surface area contributed by atoms with Crippen LogP contribution < -0.4 is 10.6 Å². The van der Waals surface area contributed by atoms with E-state index in [1.54, 1.807) is 6.07 Å². The number of imide groups is 1. The van der Waals surface area contributed by atoms with Gasteiger partial charge in [0.2, 0.25) is 0 Å². The Labute approximate surface area is 177 Å². The van der Waals surface area contributed by atoms with E-state index in [1.165, 1.54) is 6.92 Å². The number of hydrogen-bond acceptors (Lipinski definition) is 5. The summed E-state index contributed by atoms with van der Waals surface area (Å²) in [5.74, 6) is -1.72. The monoisotopic (exact) mass is 417 g/mol. The van der Waals surface area contributed by atoms with Crippen molar-refractivity contribution in [3.8, 4) is 0 Å². The zero-order valence-corrected chi connectivity index (χ0v) is 18.3. The van der Waals surface area contributed by atoms with E-state index >= 15 is 0 Å². The van der Waals surface area contributed by atoms with Crippen molar-refractivity contribution in [1.29, 1.82) is 0 Å². The number of benzene rings is 1. The molecule has 1 fully saturated rings. The van der Waals surface area contributed by atoms with Gasteiger partial charge >= 0.3 is 12.0 Å². The molecule has 0 spiro atoms. The minimum absolute atomic E-state index is 0.416. The van der Waals surface area contributed by atoms with Crippen molar-refractivity contribution < 1.29 is 23.9 Å². The zero-order chi connectivity index (χ0) is 22.5. The Hall–Kier alpha value is -2.90. The number of nitrogens with zero attached hydrogens (tertiary/aromatic N) is 1. The number of urea groups is 1.